The molecule has 150 valence electrons. The lowest BCUT2D eigenvalue weighted by Crippen LogP contribution is -2.22. The zero-order chi connectivity index (χ0) is 21.0. The molecule has 6 heteroatoms. The van der Waals surface area contributed by atoms with Crippen molar-refractivity contribution in [3.05, 3.63) is 77.9 Å². The molecule has 0 aliphatic rings. The molecule has 29 heavy (non-hydrogen) atoms. The van der Waals surface area contributed by atoms with Crippen LogP contribution in [-0.4, -0.2) is 39.2 Å². The Morgan fingerprint density at radius 3 is 2.34 bits per heavy atom. The summed E-state index contributed by atoms with van der Waals surface area (Å²) < 4.78 is 31.2. The van der Waals surface area contributed by atoms with Crippen molar-refractivity contribution in [1.29, 1.82) is 0 Å². The van der Waals surface area contributed by atoms with Crippen molar-refractivity contribution in [2.75, 3.05) is 20.7 Å². The molecule has 3 rings (SSSR count). The summed E-state index contributed by atoms with van der Waals surface area (Å²) in [6.07, 6.45) is 3.24. The van der Waals surface area contributed by atoms with Crippen LogP contribution < -0.4 is 4.74 Å². The van der Waals surface area contributed by atoms with Gasteiger partial charge in [-0.1, -0.05) is 30.3 Å². The van der Waals surface area contributed by atoms with Gasteiger partial charge in [-0.3, -0.25) is 4.79 Å². The molecule has 0 amide bonds. The lowest BCUT2D eigenvalue weighted by Gasteiger charge is -2.11. The number of sulfonamides is 1. The molecule has 0 N–H and O–H groups in total. The molecule has 0 radical (unpaired) electrons. The molecule has 0 heterocycles. The molecule has 3 aromatic rings. The normalized spacial score (nSPS) is 12.0. The van der Waals surface area contributed by atoms with E-state index in [0.29, 0.717) is 17.9 Å². The summed E-state index contributed by atoms with van der Waals surface area (Å²) in [4.78, 5) is 12.8. The van der Waals surface area contributed by atoms with E-state index in [9.17, 15) is 13.2 Å². The van der Waals surface area contributed by atoms with E-state index in [1.54, 1.807) is 6.08 Å². The maximum absolute atomic E-state index is 12.6. The predicted octanol–water partition coefficient (Wildman–Crippen LogP) is 4.38. The summed E-state index contributed by atoms with van der Waals surface area (Å²) in [5, 5.41) is 2.05. The molecule has 0 unspecified atom stereocenters. The van der Waals surface area contributed by atoms with Crippen molar-refractivity contribution in [2.24, 2.45) is 0 Å². The first kappa shape index (κ1) is 20.8. The van der Waals surface area contributed by atoms with E-state index < -0.39 is 10.0 Å². The van der Waals surface area contributed by atoms with Gasteiger partial charge in [0.05, 0.1) is 11.5 Å². The number of hydrogen-bond donors (Lipinski definition) is 0. The number of ketones is 1. The van der Waals surface area contributed by atoms with Crippen molar-refractivity contribution in [3.8, 4) is 5.75 Å². The van der Waals surface area contributed by atoms with E-state index in [4.69, 9.17) is 4.74 Å². The maximum Gasteiger partial charge on any atom is 0.242 e. The van der Waals surface area contributed by atoms with Gasteiger partial charge in [-0.05, 0) is 60.2 Å². The molecule has 0 atom stereocenters. The molecule has 0 aromatic heterocycles. The second-order valence-electron chi connectivity index (χ2n) is 6.64. The third-order valence-corrected chi connectivity index (χ3v) is 6.38. The molecule has 0 aliphatic carbocycles. The monoisotopic (exact) mass is 409 g/mol. The summed E-state index contributed by atoms with van der Waals surface area (Å²) >= 11 is 0. The molecular weight excluding hydrogens is 386 g/mol. The first-order valence-electron chi connectivity index (χ1n) is 9.24. The standard InChI is InChI=1S/C23H23NO4S/c1-4-28-23-16-11-17-7-5-6-8-20(17)21(23)14-15-22(25)18-9-12-19(13-10-18)29(26,27)24(2)3/h5-16H,4H2,1-3H3/b15-14+. The van der Waals surface area contributed by atoms with Gasteiger partial charge in [-0.15, -0.1) is 0 Å². The van der Waals surface area contributed by atoms with E-state index in [1.165, 1.54) is 44.4 Å². The third kappa shape index (κ3) is 4.39. The van der Waals surface area contributed by atoms with Gasteiger partial charge in [0.1, 0.15) is 5.75 Å². The van der Waals surface area contributed by atoms with Crippen LogP contribution in [0.1, 0.15) is 22.8 Å². The first-order valence-corrected chi connectivity index (χ1v) is 10.7. The quantitative estimate of drug-likeness (QED) is 0.429. The highest BCUT2D eigenvalue weighted by molar-refractivity contribution is 7.89. The van der Waals surface area contributed by atoms with E-state index in [2.05, 4.69) is 0 Å². The molecule has 3 aromatic carbocycles. The maximum atomic E-state index is 12.6. The number of carbonyl (C=O) groups excluding carboxylic acids is 1. The summed E-state index contributed by atoms with van der Waals surface area (Å²) in [5.74, 6) is 0.497. The molecular formula is C23H23NO4S. The number of ether oxygens (including phenoxy) is 1. The Hall–Kier alpha value is -2.96. The predicted molar refractivity (Wildman–Crippen MR) is 116 cm³/mol. The zero-order valence-electron chi connectivity index (χ0n) is 16.6. The summed E-state index contributed by atoms with van der Waals surface area (Å²) in [7, 11) is -0.584. The highest BCUT2D eigenvalue weighted by Crippen LogP contribution is 2.29. The van der Waals surface area contributed by atoms with Gasteiger partial charge >= 0.3 is 0 Å². The van der Waals surface area contributed by atoms with Crippen LogP contribution in [0.25, 0.3) is 16.8 Å². The van der Waals surface area contributed by atoms with E-state index in [-0.39, 0.29) is 10.7 Å². The van der Waals surface area contributed by atoms with Crippen LogP contribution in [0.4, 0.5) is 0 Å². The van der Waals surface area contributed by atoms with Gasteiger partial charge in [0.15, 0.2) is 5.78 Å². The van der Waals surface area contributed by atoms with Gasteiger partial charge < -0.3 is 4.74 Å². The Balaban J connectivity index is 1.92. The Kier molecular flexibility index (Phi) is 6.15. The van der Waals surface area contributed by atoms with Crippen molar-refractivity contribution >= 4 is 32.7 Å². The molecule has 5 nitrogen and oxygen atoms in total. The van der Waals surface area contributed by atoms with Crippen LogP contribution in [0.15, 0.2) is 71.6 Å². The average Bonchev–Trinajstić information content (AvgIpc) is 2.72. The number of rotatable bonds is 7. The van der Waals surface area contributed by atoms with Crippen molar-refractivity contribution < 1.29 is 17.9 Å². The molecule has 0 saturated heterocycles. The van der Waals surface area contributed by atoms with E-state index >= 15 is 0 Å². The van der Waals surface area contributed by atoms with Gasteiger partial charge in [0.2, 0.25) is 10.0 Å². The summed E-state index contributed by atoms with van der Waals surface area (Å²) in [5.41, 5.74) is 1.25. The van der Waals surface area contributed by atoms with Crippen LogP contribution in [0.2, 0.25) is 0 Å². The molecule has 0 aliphatic heterocycles. The van der Waals surface area contributed by atoms with Crippen LogP contribution >= 0.6 is 0 Å². The fourth-order valence-electron chi connectivity index (χ4n) is 2.99. The average molecular weight is 410 g/mol. The zero-order valence-corrected chi connectivity index (χ0v) is 17.4. The lowest BCUT2D eigenvalue weighted by molar-refractivity contribution is 0.104. The number of carbonyl (C=O) groups is 1. The molecule has 0 bridgehead atoms. The van der Waals surface area contributed by atoms with Crippen LogP contribution in [0.3, 0.4) is 0 Å². The molecule has 0 spiro atoms. The van der Waals surface area contributed by atoms with Crippen molar-refractivity contribution in [1.82, 2.24) is 4.31 Å². The largest absolute Gasteiger partial charge is 0.493 e. The molecule has 0 saturated carbocycles. The topological polar surface area (TPSA) is 63.7 Å². The highest BCUT2D eigenvalue weighted by atomic mass is 32.2. The minimum atomic E-state index is -3.52. The number of nitrogens with zero attached hydrogens (tertiary/aromatic N) is 1. The number of fused-ring (bicyclic) bond motifs is 1. The second kappa shape index (κ2) is 8.59. The Morgan fingerprint density at radius 1 is 1.00 bits per heavy atom. The van der Waals surface area contributed by atoms with E-state index in [1.807, 2.05) is 43.3 Å². The van der Waals surface area contributed by atoms with Gasteiger partial charge in [-0.25, -0.2) is 12.7 Å². The minimum Gasteiger partial charge on any atom is -0.493 e. The number of allylic oxidation sites excluding steroid dienone is 1. The van der Waals surface area contributed by atoms with Gasteiger partial charge in [0, 0.05) is 25.2 Å². The highest BCUT2D eigenvalue weighted by Gasteiger charge is 2.17. The third-order valence-electron chi connectivity index (χ3n) is 4.55. The number of benzene rings is 3. The second-order valence-corrected chi connectivity index (χ2v) is 8.79. The van der Waals surface area contributed by atoms with Crippen LogP contribution in [0.5, 0.6) is 5.75 Å². The Morgan fingerprint density at radius 2 is 1.69 bits per heavy atom. The fraction of sp³-hybridized carbons (Fsp3) is 0.174. The van der Waals surface area contributed by atoms with Crippen molar-refractivity contribution in [2.45, 2.75) is 11.8 Å². The smallest absolute Gasteiger partial charge is 0.242 e. The van der Waals surface area contributed by atoms with Gasteiger partial charge in [-0.2, -0.15) is 0 Å². The van der Waals surface area contributed by atoms with Crippen LogP contribution in [0, 0.1) is 0 Å². The lowest BCUT2D eigenvalue weighted by atomic mass is 10.0. The van der Waals surface area contributed by atoms with E-state index in [0.717, 1.165) is 20.6 Å². The Bertz CT molecular complexity index is 1160. The first-order chi connectivity index (χ1) is 13.8. The minimum absolute atomic E-state index is 0.149. The number of hydrogen-bond acceptors (Lipinski definition) is 4. The van der Waals surface area contributed by atoms with Crippen LogP contribution in [-0.2, 0) is 10.0 Å². The SMILES string of the molecule is CCOc1ccc2ccccc2c1/C=C/C(=O)c1ccc(S(=O)(=O)N(C)C)cc1. The summed E-state index contributed by atoms with van der Waals surface area (Å²) in [6, 6.07) is 17.7. The fourth-order valence-corrected chi connectivity index (χ4v) is 3.89. The molecule has 0 fully saturated rings. The van der Waals surface area contributed by atoms with Crippen molar-refractivity contribution in [3.63, 3.8) is 0 Å². The summed E-state index contributed by atoms with van der Waals surface area (Å²) in [6.45, 7) is 2.44. The Labute approximate surface area is 171 Å². The van der Waals surface area contributed by atoms with Gasteiger partial charge in [0.25, 0.3) is 0 Å².